The molecular weight excluding hydrogens is 259 g/mol. The third-order valence-electron chi connectivity index (χ3n) is 1.01. The van der Waals surface area contributed by atoms with E-state index in [0.717, 1.165) is 4.47 Å². The number of rotatable bonds is 0. The fourth-order valence-corrected chi connectivity index (χ4v) is 0.798. The van der Waals surface area contributed by atoms with Crippen molar-refractivity contribution in [1.82, 2.24) is 0 Å². The minimum atomic E-state index is 0. The molecule has 1 rings (SSSR count). The summed E-state index contributed by atoms with van der Waals surface area (Å²) in [7, 11) is 0. The van der Waals surface area contributed by atoms with E-state index in [2.05, 4.69) is 35.0 Å². The van der Waals surface area contributed by atoms with Gasteiger partial charge in [0, 0.05) is 4.47 Å². The van der Waals surface area contributed by atoms with E-state index >= 15 is 0 Å². The van der Waals surface area contributed by atoms with Crippen LogP contribution in [0.15, 0.2) is 28.7 Å². The Labute approximate surface area is 104 Å². The van der Waals surface area contributed by atoms with Crippen LogP contribution in [0.5, 0.6) is 0 Å². The van der Waals surface area contributed by atoms with Gasteiger partial charge in [0.1, 0.15) is 0 Å². The third-order valence-corrected chi connectivity index (χ3v) is 1.54. The Balaban J connectivity index is -0.000000213. The Hall–Kier alpha value is 1.05. The van der Waals surface area contributed by atoms with Gasteiger partial charge >= 0.3 is 23.1 Å². The van der Waals surface area contributed by atoms with E-state index in [9.17, 15) is 0 Å². The van der Waals surface area contributed by atoms with Crippen molar-refractivity contribution in [3.8, 4) is 0 Å². The molecule has 0 amide bonds. The average molecular weight is 266 g/mol. The molecule has 1 aromatic rings. The summed E-state index contributed by atoms with van der Waals surface area (Å²) in [4.78, 5) is 0. The first-order valence-corrected chi connectivity index (χ1v) is 3.30. The number of hydrogen-bond donors (Lipinski definition) is 0. The SMILES string of the molecule is Cc1ccc(Br)cc1.[Cl-].[Cl-].[Mg+2]. The van der Waals surface area contributed by atoms with Crippen molar-refractivity contribution in [2.24, 2.45) is 0 Å². The van der Waals surface area contributed by atoms with E-state index in [4.69, 9.17) is 0 Å². The van der Waals surface area contributed by atoms with Crippen LogP contribution in [0.1, 0.15) is 5.56 Å². The predicted molar refractivity (Wildman–Crippen MR) is 44.6 cm³/mol. The fourth-order valence-electron chi connectivity index (χ4n) is 0.533. The van der Waals surface area contributed by atoms with Crippen molar-refractivity contribution in [3.63, 3.8) is 0 Å². The van der Waals surface area contributed by atoms with Gasteiger partial charge in [-0.25, -0.2) is 0 Å². The van der Waals surface area contributed by atoms with Crippen LogP contribution in [-0.4, -0.2) is 23.1 Å². The largest absolute Gasteiger partial charge is 2.00 e. The van der Waals surface area contributed by atoms with Gasteiger partial charge in [-0.05, 0) is 19.1 Å². The molecule has 0 saturated heterocycles. The molecule has 58 valence electrons. The number of aryl methyl sites for hydroxylation is 1. The Kier molecular flexibility index (Phi) is 14.9. The van der Waals surface area contributed by atoms with Crippen molar-refractivity contribution in [2.75, 3.05) is 0 Å². The molecule has 0 nitrogen and oxygen atoms in total. The summed E-state index contributed by atoms with van der Waals surface area (Å²) < 4.78 is 1.14. The summed E-state index contributed by atoms with van der Waals surface area (Å²) in [6.45, 7) is 2.08. The standard InChI is InChI=1S/C7H7Br.2ClH.Mg/c1-6-2-4-7(8)5-3-6;;;/h2-5H,1H3;2*1H;/q;;;+2/p-2. The van der Waals surface area contributed by atoms with Crippen LogP contribution in [0, 0.1) is 6.92 Å². The molecular formula is C7H7BrCl2Mg. The molecule has 1 aromatic carbocycles. The maximum absolute atomic E-state index is 3.35. The van der Waals surface area contributed by atoms with E-state index in [0.29, 0.717) is 0 Å². The second kappa shape index (κ2) is 9.14. The minimum Gasteiger partial charge on any atom is -1.00 e. The van der Waals surface area contributed by atoms with Gasteiger partial charge in [0.2, 0.25) is 0 Å². The maximum Gasteiger partial charge on any atom is 2.00 e. The number of hydrogen-bond acceptors (Lipinski definition) is 0. The molecule has 0 aliphatic heterocycles. The van der Waals surface area contributed by atoms with E-state index in [1.165, 1.54) is 5.56 Å². The Bertz CT molecular complexity index is 155. The smallest absolute Gasteiger partial charge is 1.00 e. The van der Waals surface area contributed by atoms with Crippen LogP contribution in [0.4, 0.5) is 0 Å². The van der Waals surface area contributed by atoms with Crippen LogP contribution >= 0.6 is 15.9 Å². The first kappa shape index (κ1) is 18.0. The summed E-state index contributed by atoms with van der Waals surface area (Å²) in [6.07, 6.45) is 0. The molecule has 11 heavy (non-hydrogen) atoms. The summed E-state index contributed by atoms with van der Waals surface area (Å²) >= 11 is 3.35. The minimum absolute atomic E-state index is 0. The zero-order valence-corrected chi connectivity index (χ0v) is 10.7. The van der Waals surface area contributed by atoms with Gasteiger partial charge in [-0.3, -0.25) is 0 Å². The normalized spacial score (nSPS) is 6.73. The Morgan fingerprint density at radius 3 is 1.64 bits per heavy atom. The zero-order chi connectivity index (χ0) is 5.98. The molecule has 0 radical (unpaired) electrons. The first-order chi connectivity index (χ1) is 3.79. The van der Waals surface area contributed by atoms with Gasteiger partial charge in [-0.15, -0.1) is 0 Å². The monoisotopic (exact) mass is 264 g/mol. The molecule has 0 aliphatic carbocycles. The quantitative estimate of drug-likeness (QED) is 0.426. The van der Waals surface area contributed by atoms with Gasteiger partial charge in [0.25, 0.3) is 0 Å². The van der Waals surface area contributed by atoms with Crippen molar-refractivity contribution >= 4 is 39.0 Å². The molecule has 4 heteroatoms. The predicted octanol–water partition coefficient (Wildman–Crippen LogP) is -3.62. The van der Waals surface area contributed by atoms with Crippen LogP contribution in [-0.2, 0) is 0 Å². The van der Waals surface area contributed by atoms with Crippen LogP contribution in [0.25, 0.3) is 0 Å². The van der Waals surface area contributed by atoms with E-state index in [1.807, 2.05) is 12.1 Å². The van der Waals surface area contributed by atoms with E-state index in [-0.39, 0.29) is 47.9 Å². The van der Waals surface area contributed by atoms with Crippen LogP contribution in [0.2, 0.25) is 0 Å². The van der Waals surface area contributed by atoms with Crippen LogP contribution < -0.4 is 24.8 Å². The van der Waals surface area contributed by atoms with Crippen molar-refractivity contribution < 1.29 is 24.8 Å². The fraction of sp³-hybridized carbons (Fsp3) is 0.143. The van der Waals surface area contributed by atoms with Gasteiger partial charge in [0.15, 0.2) is 0 Å². The molecule has 0 aliphatic rings. The van der Waals surface area contributed by atoms with Crippen molar-refractivity contribution in [2.45, 2.75) is 6.92 Å². The second-order valence-electron chi connectivity index (χ2n) is 1.80. The molecule has 0 heterocycles. The van der Waals surface area contributed by atoms with Gasteiger partial charge in [-0.2, -0.15) is 0 Å². The summed E-state index contributed by atoms with van der Waals surface area (Å²) in [5, 5.41) is 0. The molecule has 0 bridgehead atoms. The molecule has 0 atom stereocenters. The van der Waals surface area contributed by atoms with Crippen molar-refractivity contribution in [3.05, 3.63) is 34.3 Å². The third kappa shape index (κ3) is 7.41. The number of benzene rings is 1. The molecule has 0 aromatic heterocycles. The molecule has 0 N–H and O–H groups in total. The zero-order valence-electron chi connectivity index (χ0n) is 6.15. The number of halogens is 3. The van der Waals surface area contributed by atoms with Gasteiger partial charge < -0.3 is 24.8 Å². The second-order valence-corrected chi connectivity index (χ2v) is 2.71. The van der Waals surface area contributed by atoms with E-state index < -0.39 is 0 Å². The van der Waals surface area contributed by atoms with Crippen molar-refractivity contribution in [1.29, 1.82) is 0 Å². The molecule has 0 unspecified atom stereocenters. The Morgan fingerprint density at radius 2 is 1.36 bits per heavy atom. The summed E-state index contributed by atoms with van der Waals surface area (Å²) in [5.41, 5.74) is 1.30. The summed E-state index contributed by atoms with van der Waals surface area (Å²) in [5.74, 6) is 0. The maximum atomic E-state index is 3.35. The van der Waals surface area contributed by atoms with E-state index in [1.54, 1.807) is 0 Å². The molecule has 0 saturated carbocycles. The van der Waals surface area contributed by atoms with Gasteiger partial charge in [0.05, 0.1) is 0 Å². The van der Waals surface area contributed by atoms with Gasteiger partial charge in [-0.1, -0.05) is 33.6 Å². The topological polar surface area (TPSA) is 0 Å². The van der Waals surface area contributed by atoms with Crippen LogP contribution in [0.3, 0.4) is 0 Å². The molecule has 0 fully saturated rings. The Morgan fingerprint density at radius 1 is 1.00 bits per heavy atom. The summed E-state index contributed by atoms with van der Waals surface area (Å²) in [6, 6.07) is 8.22. The average Bonchev–Trinajstić information content (AvgIpc) is 1.77. The first-order valence-electron chi connectivity index (χ1n) is 2.51. The molecule has 0 spiro atoms.